The number of anilines is 1. The molecule has 0 unspecified atom stereocenters. The summed E-state index contributed by atoms with van der Waals surface area (Å²) in [7, 11) is 0. The lowest BCUT2D eigenvalue weighted by molar-refractivity contribution is 0.0698. The number of nitrogens with one attached hydrogen (secondary N) is 1. The zero-order chi connectivity index (χ0) is 18.7. The van der Waals surface area contributed by atoms with Crippen molar-refractivity contribution >= 4 is 39.4 Å². The minimum absolute atomic E-state index is 0.0696. The van der Waals surface area contributed by atoms with Gasteiger partial charge in [-0.05, 0) is 24.3 Å². The van der Waals surface area contributed by atoms with Gasteiger partial charge >= 0.3 is 5.97 Å². The average Bonchev–Trinajstić information content (AvgIpc) is 3.06. The van der Waals surface area contributed by atoms with Gasteiger partial charge < -0.3 is 9.63 Å². The van der Waals surface area contributed by atoms with Crippen LogP contribution in [0.2, 0.25) is 0 Å². The molecule has 0 aliphatic rings. The number of carboxylic acid groups (broad SMARTS) is 1. The zero-order valence-electron chi connectivity index (χ0n) is 13.1. The van der Waals surface area contributed by atoms with Gasteiger partial charge in [-0.15, -0.1) is 0 Å². The van der Waals surface area contributed by atoms with E-state index in [1.165, 1.54) is 0 Å². The van der Waals surface area contributed by atoms with Crippen molar-refractivity contribution in [3.8, 4) is 11.3 Å². The van der Waals surface area contributed by atoms with E-state index in [1.54, 1.807) is 48.5 Å². The number of hydrogen-bond acceptors (Lipinski definition) is 4. The third-order valence-electron chi connectivity index (χ3n) is 3.51. The molecule has 0 fully saturated rings. The monoisotopic (exact) mass is 411 g/mol. The lowest BCUT2D eigenvalue weighted by Crippen LogP contribution is -2.13. The highest BCUT2D eigenvalue weighted by atomic mass is 79.9. The number of benzene rings is 2. The highest BCUT2D eigenvalue weighted by Crippen LogP contribution is 2.30. The number of amides is 1. The normalized spacial score (nSPS) is 10.2. The van der Waals surface area contributed by atoms with Gasteiger partial charge in [-0.2, -0.15) is 0 Å². The Hall–Kier alpha value is -3.44. The van der Waals surface area contributed by atoms with Gasteiger partial charge in [0.25, 0.3) is 5.91 Å². The van der Waals surface area contributed by atoms with E-state index in [9.17, 15) is 14.7 Å². The van der Waals surface area contributed by atoms with Crippen LogP contribution in [-0.4, -0.2) is 22.1 Å². The minimum Gasteiger partial charge on any atom is -0.477 e. The highest BCUT2D eigenvalue weighted by Gasteiger charge is 2.25. The molecule has 1 amide bonds. The van der Waals surface area contributed by atoms with Crippen LogP contribution < -0.4 is 5.32 Å². The van der Waals surface area contributed by atoms with Gasteiger partial charge in [0.15, 0.2) is 11.3 Å². The fraction of sp³-hybridized carbons (Fsp3) is 0. The first kappa shape index (κ1) is 17.4. The molecule has 0 atom stereocenters. The van der Waals surface area contributed by atoms with Crippen LogP contribution in [0.25, 0.3) is 16.1 Å². The Morgan fingerprint density at radius 3 is 2.35 bits per heavy atom. The van der Waals surface area contributed by atoms with Crippen molar-refractivity contribution in [2.24, 2.45) is 0 Å². The van der Waals surface area contributed by atoms with Crippen molar-refractivity contribution in [3.05, 3.63) is 75.5 Å². The van der Waals surface area contributed by atoms with Crippen molar-refractivity contribution < 1.29 is 19.2 Å². The Balaban J connectivity index is 1.94. The van der Waals surface area contributed by atoms with E-state index < -0.39 is 11.9 Å². The fourth-order valence-corrected chi connectivity index (χ4v) is 2.51. The molecular weight excluding hydrogens is 402 g/mol. The third kappa shape index (κ3) is 3.48. The summed E-state index contributed by atoms with van der Waals surface area (Å²) >= 11 is 3.28. The molecule has 0 spiro atoms. The summed E-state index contributed by atoms with van der Waals surface area (Å²) in [5.41, 5.74) is 1.02. The minimum atomic E-state index is -1.29. The van der Waals surface area contributed by atoms with Crippen molar-refractivity contribution in [3.63, 3.8) is 0 Å². The number of aromatic carboxylic acids is 1. The van der Waals surface area contributed by atoms with Gasteiger partial charge in [0.2, 0.25) is 5.88 Å². The summed E-state index contributed by atoms with van der Waals surface area (Å²) in [6.07, 6.45) is 0. The van der Waals surface area contributed by atoms with Gasteiger partial charge in [-0.3, -0.25) is 10.1 Å². The molecule has 3 rings (SSSR count). The van der Waals surface area contributed by atoms with Crippen LogP contribution in [0, 0.1) is 6.57 Å². The lowest BCUT2D eigenvalue weighted by Gasteiger charge is -2.03. The van der Waals surface area contributed by atoms with Gasteiger partial charge in [0.1, 0.15) is 5.69 Å². The number of rotatable bonds is 4. The Bertz CT molecular complexity index is 1020. The van der Waals surface area contributed by atoms with Crippen LogP contribution in [-0.2, 0) is 0 Å². The van der Waals surface area contributed by atoms with Crippen LogP contribution in [0.1, 0.15) is 20.7 Å². The van der Waals surface area contributed by atoms with Crippen LogP contribution >= 0.6 is 15.9 Å². The molecular formula is C18H10BrN3O4. The molecule has 128 valence electrons. The first-order chi connectivity index (χ1) is 12.5. The molecule has 2 N–H and O–H groups in total. The number of carbonyl (C=O) groups is 2. The molecule has 26 heavy (non-hydrogen) atoms. The van der Waals surface area contributed by atoms with E-state index in [-0.39, 0.29) is 17.1 Å². The van der Waals surface area contributed by atoms with E-state index in [2.05, 4.69) is 31.2 Å². The SMILES string of the molecule is [C-]#[N+]c1ccc(-c2noc(NC(=O)c3ccc(Br)cc3)c2C(=O)O)cc1. The van der Waals surface area contributed by atoms with E-state index in [4.69, 9.17) is 11.1 Å². The van der Waals surface area contributed by atoms with Crippen molar-refractivity contribution in [1.82, 2.24) is 5.16 Å². The quantitative estimate of drug-likeness (QED) is 0.611. The maximum absolute atomic E-state index is 12.3. The number of aromatic nitrogens is 1. The van der Waals surface area contributed by atoms with Crippen LogP contribution in [0.3, 0.4) is 0 Å². The largest absolute Gasteiger partial charge is 0.477 e. The maximum atomic E-state index is 12.3. The highest BCUT2D eigenvalue weighted by molar-refractivity contribution is 9.10. The molecule has 0 saturated carbocycles. The molecule has 8 heteroatoms. The summed E-state index contributed by atoms with van der Waals surface area (Å²) in [6, 6.07) is 12.8. The predicted octanol–water partition coefficient (Wildman–Crippen LogP) is 4.61. The number of nitrogens with zero attached hydrogens (tertiary/aromatic N) is 2. The summed E-state index contributed by atoms with van der Waals surface area (Å²) < 4.78 is 5.86. The Labute approximate surface area is 156 Å². The smallest absolute Gasteiger partial charge is 0.343 e. The molecule has 1 heterocycles. The van der Waals surface area contributed by atoms with E-state index in [1.807, 2.05) is 0 Å². The third-order valence-corrected chi connectivity index (χ3v) is 4.04. The van der Waals surface area contributed by atoms with E-state index in [0.29, 0.717) is 16.8 Å². The van der Waals surface area contributed by atoms with Crippen LogP contribution in [0.4, 0.5) is 11.6 Å². The van der Waals surface area contributed by atoms with Gasteiger partial charge in [-0.1, -0.05) is 45.4 Å². The average molecular weight is 412 g/mol. The van der Waals surface area contributed by atoms with Crippen molar-refractivity contribution in [2.45, 2.75) is 0 Å². The molecule has 3 aromatic rings. The molecule has 2 aromatic carbocycles. The zero-order valence-corrected chi connectivity index (χ0v) is 14.6. The summed E-state index contributed by atoms with van der Waals surface area (Å²) in [4.78, 5) is 27.2. The summed E-state index contributed by atoms with van der Waals surface area (Å²) in [6.45, 7) is 6.95. The number of hydrogen-bond donors (Lipinski definition) is 2. The standard InChI is InChI=1S/C18H10BrN3O4/c1-20-13-8-4-10(5-9-13)15-14(18(24)25)17(26-22-15)21-16(23)11-2-6-12(19)7-3-11/h2-9H,(H,21,23)(H,24,25). The first-order valence-corrected chi connectivity index (χ1v) is 8.06. The number of carbonyl (C=O) groups excluding carboxylic acids is 1. The van der Waals surface area contributed by atoms with Gasteiger partial charge in [0, 0.05) is 15.6 Å². The lowest BCUT2D eigenvalue weighted by atomic mass is 10.1. The first-order valence-electron chi connectivity index (χ1n) is 7.27. The molecule has 0 saturated heterocycles. The molecule has 0 radical (unpaired) electrons. The molecule has 7 nitrogen and oxygen atoms in total. The molecule has 0 aliphatic heterocycles. The van der Waals surface area contributed by atoms with Crippen molar-refractivity contribution in [2.75, 3.05) is 5.32 Å². The Kier molecular flexibility index (Phi) is 4.82. The second-order valence-electron chi connectivity index (χ2n) is 5.16. The Morgan fingerprint density at radius 2 is 1.77 bits per heavy atom. The topological polar surface area (TPSA) is 96.8 Å². The summed E-state index contributed by atoms with van der Waals surface area (Å²) in [5, 5.41) is 15.7. The number of halogens is 1. The molecule has 1 aromatic heterocycles. The van der Waals surface area contributed by atoms with Crippen LogP contribution in [0.15, 0.2) is 57.5 Å². The Morgan fingerprint density at radius 1 is 1.12 bits per heavy atom. The number of carboxylic acids is 1. The van der Waals surface area contributed by atoms with E-state index in [0.717, 1.165) is 4.47 Å². The van der Waals surface area contributed by atoms with Crippen molar-refractivity contribution in [1.29, 1.82) is 0 Å². The fourth-order valence-electron chi connectivity index (χ4n) is 2.24. The van der Waals surface area contributed by atoms with Gasteiger partial charge in [-0.25, -0.2) is 9.64 Å². The van der Waals surface area contributed by atoms with Crippen LogP contribution in [0.5, 0.6) is 0 Å². The second kappa shape index (κ2) is 7.21. The molecule has 0 bridgehead atoms. The van der Waals surface area contributed by atoms with E-state index >= 15 is 0 Å². The van der Waals surface area contributed by atoms with Gasteiger partial charge in [0.05, 0.1) is 6.57 Å². The summed E-state index contributed by atoms with van der Waals surface area (Å²) in [5.74, 6) is -2.07. The molecule has 0 aliphatic carbocycles. The maximum Gasteiger partial charge on any atom is 0.343 e. The predicted molar refractivity (Wildman–Crippen MR) is 97.3 cm³/mol. The second-order valence-corrected chi connectivity index (χ2v) is 6.08.